The van der Waals surface area contributed by atoms with Crippen molar-refractivity contribution >= 4 is 23.5 Å². The van der Waals surface area contributed by atoms with E-state index in [1.54, 1.807) is 36.1 Å². The molecule has 142 valence electrons. The highest BCUT2D eigenvalue weighted by atomic mass is 16.5. The molecular formula is C19H23N5O3. The molecule has 1 fully saturated rings. The molecule has 2 amide bonds. The third kappa shape index (κ3) is 4.33. The van der Waals surface area contributed by atoms with E-state index in [1.165, 1.54) is 0 Å². The van der Waals surface area contributed by atoms with E-state index in [0.29, 0.717) is 43.6 Å². The van der Waals surface area contributed by atoms with E-state index < -0.39 is 0 Å². The monoisotopic (exact) mass is 369 g/mol. The number of piperazine rings is 1. The van der Waals surface area contributed by atoms with Gasteiger partial charge in [0.2, 0.25) is 11.9 Å². The number of aryl methyl sites for hydroxylation is 1. The number of anilines is 2. The topological polar surface area (TPSA) is 87.7 Å². The van der Waals surface area contributed by atoms with Gasteiger partial charge in [0.25, 0.3) is 5.91 Å². The molecule has 1 aliphatic heterocycles. The van der Waals surface area contributed by atoms with E-state index in [4.69, 9.17) is 4.74 Å². The van der Waals surface area contributed by atoms with Crippen molar-refractivity contribution in [3.05, 3.63) is 41.7 Å². The van der Waals surface area contributed by atoms with E-state index in [-0.39, 0.29) is 11.8 Å². The number of carbonyl (C=O) groups is 2. The lowest BCUT2D eigenvalue weighted by molar-refractivity contribution is -0.130. The summed E-state index contributed by atoms with van der Waals surface area (Å²) in [6.45, 7) is 5.59. The molecule has 0 bridgehead atoms. The first kappa shape index (κ1) is 18.6. The summed E-state index contributed by atoms with van der Waals surface area (Å²) in [7, 11) is 1.59. The van der Waals surface area contributed by atoms with Crippen molar-refractivity contribution in [1.29, 1.82) is 0 Å². The average Bonchev–Trinajstić information content (AvgIpc) is 2.68. The minimum atomic E-state index is -0.167. The maximum atomic E-state index is 12.7. The summed E-state index contributed by atoms with van der Waals surface area (Å²) >= 11 is 0. The van der Waals surface area contributed by atoms with Crippen molar-refractivity contribution in [2.24, 2.45) is 0 Å². The molecule has 8 nitrogen and oxygen atoms in total. The standard InChI is InChI=1S/C19H23N5O3/c1-13-4-5-17(27-3)16(12-13)22-19-20-7-6-15(21-19)18(26)24-10-8-23(9-11-24)14(2)25/h4-7,12H,8-11H2,1-3H3,(H,20,21,22). The molecule has 8 heteroatoms. The quantitative estimate of drug-likeness (QED) is 0.885. The molecule has 0 saturated carbocycles. The van der Waals surface area contributed by atoms with Crippen molar-refractivity contribution in [3.8, 4) is 5.75 Å². The van der Waals surface area contributed by atoms with Crippen molar-refractivity contribution in [2.75, 3.05) is 38.6 Å². The SMILES string of the molecule is COc1ccc(C)cc1Nc1nccc(C(=O)N2CCN(C(C)=O)CC2)n1. The number of methoxy groups -OCH3 is 1. The summed E-state index contributed by atoms with van der Waals surface area (Å²) in [5.74, 6) is 0.857. The zero-order valence-corrected chi connectivity index (χ0v) is 15.7. The van der Waals surface area contributed by atoms with Crippen LogP contribution in [-0.2, 0) is 4.79 Å². The number of hydrogen-bond acceptors (Lipinski definition) is 6. The number of rotatable bonds is 4. The molecule has 0 atom stereocenters. The van der Waals surface area contributed by atoms with Gasteiger partial charge in [0.1, 0.15) is 11.4 Å². The van der Waals surface area contributed by atoms with Gasteiger partial charge in [-0.1, -0.05) is 6.07 Å². The molecule has 0 spiro atoms. The summed E-state index contributed by atoms with van der Waals surface area (Å²) in [5, 5.41) is 3.11. The second-order valence-electron chi connectivity index (χ2n) is 6.39. The van der Waals surface area contributed by atoms with Gasteiger partial charge in [-0.25, -0.2) is 9.97 Å². The zero-order chi connectivity index (χ0) is 19.4. The molecular weight excluding hydrogens is 346 g/mol. The Kier molecular flexibility index (Phi) is 5.54. The maximum Gasteiger partial charge on any atom is 0.272 e. The molecule has 0 aliphatic carbocycles. The van der Waals surface area contributed by atoms with E-state index in [0.717, 1.165) is 11.3 Å². The first-order chi connectivity index (χ1) is 13.0. The number of aromatic nitrogens is 2. The van der Waals surface area contributed by atoms with Gasteiger partial charge in [0, 0.05) is 39.3 Å². The van der Waals surface area contributed by atoms with Crippen LogP contribution in [0, 0.1) is 6.92 Å². The Morgan fingerprint density at radius 2 is 1.81 bits per heavy atom. The Balaban J connectivity index is 1.73. The molecule has 0 radical (unpaired) electrons. The van der Waals surface area contributed by atoms with Crippen LogP contribution in [0.3, 0.4) is 0 Å². The van der Waals surface area contributed by atoms with E-state index in [9.17, 15) is 9.59 Å². The number of nitrogens with zero attached hydrogens (tertiary/aromatic N) is 4. The number of hydrogen-bond donors (Lipinski definition) is 1. The maximum absolute atomic E-state index is 12.7. The molecule has 0 unspecified atom stereocenters. The molecule has 2 aromatic rings. The molecule has 27 heavy (non-hydrogen) atoms. The van der Waals surface area contributed by atoms with Gasteiger partial charge >= 0.3 is 0 Å². The van der Waals surface area contributed by atoms with Gasteiger partial charge in [-0.05, 0) is 30.7 Å². The van der Waals surface area contributed by atoms with Crippen LogP contribution < -0.4 is 10.1 Å². The Bertz CT molecular complexity index is 847. The Morgan fingerprint density at radius 1 is 1.11 bits per heavy atom. The van der Waals surface area contributed by atoms with Gasteiger partial charge < -0.3 is 19.9 Å². The molecule has 1 aromatic carbocycles. The first-order valence-electron chi connectivity index (χ1n) is 8.77. The number of nitrogens with one attached hydrogen (secondary N) is 1. The van der Waals surface area contributed by atoms with Gasteiger partial charge in [-0.3, -0.25) is 9.59 Å². The predicted octanol–water partition coefficient (Wildman–Crippen LogP) is 1.84. The summed E-state index contributed by atoms with van der Waals surface area (Å²) < 4.78 is 5.35. The lowest BCUT2D eigenvalue weighted by atomic mass is 10.2. The molecule has 1 aliphatic rings. The van der Waals surface area contributed by atoms with Gasteiger partial charge in [0.05, 0.1) is 12.8 Å². The predicted molar refractivity (Wildman–Crippen MR) is 101 cm³/mol. The largest absolute Gasteiger partial charge is 0.495 e. The molecule has 3 rings (SSSR count). The highest BCUT2D eigenvalue weighted by molar-refractivity contribution is 5.92. The van der Waals surface area contributed by atoms with Crippen LogP contribution in [0.5, 0.6) is 5.75 Å². The third-order valence-electron chi connectivity index (χ3n) is 4.49. The van der Waals surface area contributed by atoms with Crippen molar-refractivity contribution in [3.63, 3.8) is 0 Å². The molecule has 1 aromatic heterocycles. The summed E-state index contributed by atoms with van der Waals surface area (Å²) in [6, 6.07) is 7.34. The van der Waals surface area contributed by atoms with Crippen LogP contribution in [0.25, 0.3) is 0 Å². The Morgan fingerprint density at radius 3 is 2.48 bits per heavy atom. The minimum absolute atomic E-state index is 0.0303. The third-order valence-corrected chi connectivity index (χ3v) is 4.49. The fourth-order valence-corrected chi connectivity index (χ4v) is 2.96. The second-order valence-corrected chi connectivity index (χ2v) is 6.39. The molecule has 2 heterocycles. The summed E-state index contributed by atoms with van der Waals surface area (Å²) in [6.07, 6.45) is 1.55. The zero-order valence-electron chi connectivity index (χ0n) is 15.7. The minimum Gasteiger partial charge on any atom is -0.495 e. The van der Waals surface area contributed by atoms with Crippen LogP contribution in [0.4, 0.5) is 11.6 Å². The number of ether oxygens (including phenoxy) is 1. The fraction of sp³-hybridized carbons (Fsp3) is 0.368. The normalized spacial score (nSPS) is 14.0. The smallest absolute Gasteiger partial charge is 0.272 e. The molecule has 1 N–H and O–H groups in total. The van der Waals surface area contributed by atoms with Crippen LogP contribution >= 0.6 is 0 Å². The van der Waals surface area contributed by atoms with Gasteiger partial charge in [-0.2, -0.15) is 0 Å². The van der Waals surface area contributed by atoms with Crippen molar-refractivity contribution in [1.82, 2.24) is 19.8 Å². The van der Waals surface area contributed by atoms with E-state index in [2.05, 4.69) is 15.3 Å². The lowest BCUT2D eigenvalue weighted by Gasteiger charge is -2.34. The summed E-state index contributed by atoms with van der Waals surface area (Å²) in [4.78, 5) is 36.2. The summed E-state index contributed by atoms with van der Waals surface area (Å²) in [5.41, 5.74) is 2.11. The lowest BCUT2D eigenvalue weighted by Crippen LogP contribution is -2.50. The van der Waals surface area contributed by atoms with E-state index in [1.807, 2.05) is 25.1 Å². The van der Waals surface area contributed by atoms with Gasteiger partial charge in [-0.15, -0.1) is 0 Å². The van der Waals surface area contributed by atoms with E-state index >= 15 is 0 Å². The van der Waals surface area contributed by atoms with Crippen LogP contribution in [0.15, 0.2) is 30.5 Å². The molecule has 1 saturated heterocycles. The fourth-order valence-electron chi connectivity index (χ4n) is 2.96. The van der Waals surface area contributed by atoms with Crippen molar-refractivity contribution < 1.29 is 14.3 Å². The first-order valence-corrected chi connectivity index (χ1v) is 8.77. The number of carbonyl (C=O) groups excluding carboxylic acids is 2. The second kappa shape index (κ2) is 8.03. The average molecular weight is 369 g/mol. The van der Waals surface area contributed by atoms with Crippen LogP contribution in [0.2, 0.25) is 0 Å². The highest BCUT2D eigenvalue weighted by Crippen LogP contribution is 2.27. The highest BCUT2D eigenvalue weighted by Gasteiger charge is 2.24. The Hall–Kier alpha value is -3.16. The number of benzene rings is 1. The number of amides is 2. The van der Waals surface area contributed by atoms with Crippen LogP contribution in [0.1, 0.15) is 23.0 Å². The van der Waals surface area contributed by atoms with Gasteiger partial charge in [0.15, 0.2) is 0 Å². The van der Waals surface area contributed by atoms with Crippen LogP contribution in [-0.4, -0.2) is 64.9 Å². The van der Waals surface area contributed by atoms with Crippen molar-refractivity contribution in [2.45, 2.75) is 13.8 Å². The Labute approximate surface area is 158 Å².